The number of carbonyl (C=O) groups excluding carboxylic acids is 2. The van der Waals surface area contributed by atoms with Crippen molar-refractivity contribution in [2.75, 3.05) is 6.54 Å². The smallest absolute Gasteiger partial charge is 0.340 e. The van der Waals surface area contributed by atoms with Crippen LogP contribution in [0.5, 0.6) is 0 Å². The van der Waals surface area contributed by atoms with Crippen molar-refractivity contribution in [3.8, 4) is 6.07 Å². The number of nitrogens with two attached hydrogens (primary N) is 2. The van der Waals surface area contributed by atoms with Crippen molar-refractivity contribution in [3.63, 3.8) is 0 Å². The molecule has 3 aromatic rings. The molecule has 1 saturated carbocycles. The van der Waals surface area contributed by atoms with Gasteiger partial charge in [-0.25, -0.2) is 9.89 Å². The molecule has 216 valence electrons. The quantitative estimate of drug-likeness (QED) is 0.273. The average Bonchev–Trinajstić information content (AvgIpc) is 3.46. The number of likely N-dealkylation sites (tertiary alicyclic amines) is 1. The van der Waals surface area contributed by atoms with Crippen molar-refractivity contribution in [1.82, 2.24) is 25.4 Å². The molecule has 3 unspecified atom stereocenters. The molecule has 5 atom stereocenters. The molecular formula is C31H34N8O3. The Kier molecular flexibility index (Phi) is 6.74. The Morgan fingerprint density at radius 2 is 1.83 bits per heavy atom. The maximum absolute atomic E-state index is 13.2. The predicted octanol–water partition coefficient (Wildman–Crippen LogP) is 1.44. The van der Waals surface area contributed by atoms with Crippen molar-refractivity contribution in [1.29, 1.82) is 5.26 Å². The third-order valence-electron chi connectivity index (χ3n) is 9.11. The van der Waals surface area contributed by atoms with Crippen LogP contribution in [0.25, 0.3) is 5.70 Å². The fourth-order valence-electron chi connectivity index (χ4n) is 7.06. The van der Waals surface area contributed by atoms with Crippen LogP contribution in [-0.2, 0) is 23.1 Å². The number of fused-ring (bicyclic) bond motifs is 3. The molecule has 42 heavy (non-hydrogen) atoms. The van der Waals surface area contributed by atoms with Crippen LogP contribution in [-0.4, -0.2) is 56.6 Å². The van der Waals surface area contributed by atoms with Crippen LogP contribution >= 0.6 is 0 Å². The first kappa shape index (κ1) is 27.5. The second kappa shape index (κ2) is 10.3. The Morgan fingerprint density at radius 1 is 1.17 bits per heavy atom. The van der Waals surface area contributed by atoms with Gasteiger partial charge in [-0.1, -0.05) is 24.8 Å². The summed E-state index contributed by atoms with van der Waals surface area (Å²) >= 11 is 0. The number of primary amides is 1. The fraction of sp³-hybridized carbons (Fsp3) is 0.387. The summed E-state index contributed by atoms with van der Waals surface area (Å²) in [5.74, 6) is 0.256. The van der Waals surface area contributed by atoms with Crippen molar-refractivity contribution in [3.05, 3.63) is 92.7 Å². The largest absolute Gasteiger partial charge is 0.399 e. The maximum atomic E-state index is 13.2. The van der Waals surface area contributed by atoms with Crippen molar-refractivity contribution in [2.45, 2.75) is 62.6 Å². The SMILES string of the molecule is C=C(N)c1ccc2c(c1)CCc1cc(C(N)=O)ccc1C2(C[C@H](C)NCC(=O)N1C(C#N)C[C@@H]2CC21)c1n[nH]c(=O)[nH]1. The molecule has 6 rings (SSSR count). The number of amides is 2. The van der Waals surface area contributed by atoms with Gasteiger partial charge in [0.1, 0.15) is 11.9 Å². The minimum atomic E-state index is -0.954. The van der Waals surface area contributed by atoms with Gasteiger partial charge in [0.05, 0.1) is 18.0 Å². The van der Waals surface area contributed by atoms with Gasteiger partial charge in [-0.15, -0.1) is 0 Å². The van der Waals surface area contributed by atoms with E-state index in [0.717, 1.165) is 40.7 Å². The number of hydrogen-bond acceptors (Lipinski definition) is 7. The lowest BCUT2D eigenvalue weighted by molar-refractivity contribution is -0.131. The molecule has 11 heteroatoms. The molecule has 2 aliphatic carbocycles. The standard InChI is InChI=1S/C31H34N8O3/c1-16(35-15-27(40)39-23(14-32)11-22-12-26(22)39)13-31(29-36-30(42)38-37-29)24-7-5-18(17(2)33)9-19(24)3-4-20-10-21(28(34)41)6-8-25(20)31/h5-10,16,22-23,26,35H,2-4,11-13,15,33H2,1H3,(H2,34,41)(H2,36,37,38,42)/t16-,22+,23?,26?,31?/m0/s1. The highest BCUT2D eigenvalue weighted by atomic mass is 16.2. The number of aromatic nitrogens is 3. The molecule has 1 aromatic heterocycles. The molecule has 0 spiro atoms. The van der Waals surface area contributed by atoms with Gasteiger partial charge < -0.3 is 21.7 Å². The van der Waals surface area contributed by atoms with E-state index in [1.807, 2.05) is 37.3 Å². The maximum Gasteiger partial charge on any atom is 0.340 e. The molecule has 11 nitrogen and oxygen atoms in total. The monoisotopic (exact) mass is 566 g/mol. The fourth-order valence-corrected chi connectivity index (χ4v) is 7.06. The highest BCUT2D eigenvalue weighted by Gasteiger charge is 2.54. The van der Waals surface area contributed by atoms with E-state index in [9.17, 15) is 19.6 Å². The lowest BCUT2D eigenvalue weighted by Crippen LogP contribution is -2.46. The summed E-state index contributed by atoms with van der Waals surface area (Å²) in [6.07, 6.45) is 3.40. The summed E-state index contributed by atoms with van der Waals surface area (Å²) < 4.78 is 0. The number of nitriles is 1. The van der Waals surface area contributed by atoms with Gasteiger partial charge in [0, 0.05) is 23.3 Å². The summed E-state index contributed by atoms with van der Waals surface area (Å²) in [5, 5.41) is 19.9. The normalized spacial score (nSPS) is 24.5. The molecular weight excluding hydrogens is 532 g/mol. The van der Waals surface area contributed by atoms with Gasteiger partial charge in [0.15, 0.2) is 0 Å². The average molecular weight is 567 g/mol. The lowest BCUT2D eigenvalue weighted by Gasteiger charge is -2.37. The van der Waals surface area contributed by atoms with E-state index in [1.165, 1.54) is 0 Å². The van der Waals surface area contributed by atoms with E-state index in [-0.39, 0.29) is 30.6 Å². The summed E-state index contributed by atoms with van der Waals surface area (Å²) in [4.78, 5) is 42.5. The highest BCUT2D eigenvalue weighted by Crippen LogP contribution is 2.48. The zero-order valence-corrected chi connectivity index (χ0v) is 23.4. The van der Waals surface area contributed by atoms with E-state index in [2.05, 4.69) is 33.1 Å². The van der Waals surface area contributed by atoms with Crippen molar-refractivity contribution >= 4 is 17.5 Å². The Bertz CT molecular complexity index is 1630. The van der Waals surface area contributed by atoms with Gasteiger partial charge in [0.2, 0.25) is 11.8 Å². The summed E-state index contributed by atoms with van der Waals surface area (Å²) in [5.41, 5.74) is 15.7. The number of aromatic amines is 2. The molecule has 2 fully saturated rings. The van der Waals surface area contributed by atoms with E-state index in [4.69, 9.17) is 11.5 Å². The number of hydrogen-bond donors (Lipinski definition) is 5. The predicted molar refractivity (Wildman–Crippen MR) is 156 cm³/mol. The number of benzene rings is 2. The number of rotatable bonds is 8. The summed E-state index contributed by atoms with van der Waals surface area (Å²) in [6, 6.07) is 13.2. The van der Waals surface area contributed by atoms with Crippen LogP contribution in [0.4, 0.5) is 0 Å². The molecule has 3 aliphatic rings. The first-order valence-corrected chi connectivity index (χ1v) is 14.2. The third-order valence-corrected chi connectivity index (χ3v) is 9.11. The van der Waals surface area contributed by atoms with Crippen LogP contribution in [0.15, 0.2) is 47.8 Å². The molecule has 2 heterocycles. The topological polar surface area (TPSA) is 187 Å². The third kappa shape index (κ3) is 4.58. The Balaban J connectivity index is 1.43. The van der Waals surface area contributed by atoms with Gasteiger partial charge in [-0.2, -0.15) is 10.4 Å². The second-order valence-electron chi connectivity index (χ2n) is 11.8. The summed E-state index contributed by atoms with van der Waals surface area (Å²) in [6.45, 7) is 5.98. The van der Waals surface area contributed by atoms with Crippen LogP contribution in [0.1, 0.15) is 70.2 Å². The molecule has 0 bridgehead atoms. The Hall–Kier alpha value is -4.69. The first-order valence-electron chi connectivity index (χ1n) is 14.2. The molecule has 2 amide bonds. The van der Waals surface area contributed by atoms with Gasteiger partial charge in [-0.05, 0) is 91.0 Å². The van der Waals surface area contributed by atoms with E-state index in [0.29, 0.717) is 42.3 Å². The minimum Gasteiger partial charge on any atom is -0.399 e. The van der Waals surface area contributed by atoms with Crippen LogP contribution < -0.4 is 22.5 Å². The van der Waals surface area contributed by atoms with Crippen LogP contribution in [0, 0.1) is 17.2 Å². The number of aryl methyl sites for hydroxylation is 2. The van der Waals surface area contributed by atoms with E-state index >= 15 is 0 Å². The second-order valence-corrected chi connectivity index (χ2v) is 11.8. The van der Waals surface area contributed by atoms with Crippen LogP contribution in [0.2, 0.25) is 0 Å². The van der Waals surface area contributed by atoms with Crippen LogP contribution in [0.3, 0.4) is 0 Å². The molecule has 1 saturated heterocycles. The summed E-state index contributed by atoms with van der Waals surface area (Å²) in [7, 11) is 0. The van der Waals surface area contributed by atoms with Crippen molar-refractivity contribution < 1.29 is 9.59 Å². The number of piperidine rings is 1. The Labute approximate surface area is 243 Å². The number of H-pyrrole nitrogens is 2. The number of nitrogens with zero attached hydrogens (tertiary/aromatic N) is 3. The molecule has 1 aliphatic heterocycles. The van der Waals surface area contributed by atoms with E-state index in [1.54, 1.807) is 11.0 Å². The Morgan fingerprint density at radius 3 is 2.43 bits per heavy atom. The minimum absolute atomic E-state index is 0.0838. The molecule has 0 radical (unpaired) electrons. The highest BCUT2D eigenvalue weighted by molar-refractivity contribution is 5.93. The number of nitrogens with one attached hydrogen (secondary N) is 3. The zero-order chi connectivity index (χ0) is 29.8. The van der Waals surface area contributed by atoms with E-state index < -0.39 is 17.0 Å². The first-order chi connectivity index (χ1) is 20.1. The van der Waals surface area contributed by atoms with Gasteiger partial charge in [0.25, 0.3) is 0 Å². The molecule has 2 aromatic carbocycles. The molecule has 7 N–H and O–H groups in total. The van der Waals surface area contributed by atoms with Gasteiger partial charge in [-0.3, -0.25) is 14.6 Å². The zero-order valence-electron chi connectivity index (χ0n) is 23.4. The lowest BCUT2D eigenvalue weighted by atomic mass is 9.67. The number of carbonyl (C=O) groups is 2. The van der Waals surface area contributed by atoms with Crippen molar-refractivity contribution in [2.24, 2.45) is 17.4 Å². The van der Waals surface area contributed by atoms with Gasteiger partial charge >= 0.3 is 5.69 Å².